The first kappa shape index (κ1) is 16.8. The highest BCUT2D eigenvalue weighted by Crippen LogP contribution is 2.17. The summed E-state index contributed by atoms with van der Waals surface area (Å²) < 4.78 is 5.15. The van der Waals surface area contributed by atoms with Crippen LogP contribution in [-0.2, 0) is 11.2 Å². The van der Waals surface area contributed by atoms with Gasteiger partial charge in [-0.15, -0.1) is 0 Å². The topological polar surface area (TPSA) is 32.8 Å². The SMILES string of the molecule is CCN1CCC(N(C)C(=O)CCc2ccc(OC)cc2)CC1. The number of ether oxygens (including phenoxy) is 1. The first-order valence-corrected chi connectivity index (χ1v) is 8.25. The minimum absolute atomic E-state index is 0.255. The Bertz CT molecular complexity index is 464. The Labute approximate surface area is 134 Å². The van der Waals surface area contributed by atoms with Crippen molar-refractivity contribution in [3.8, 4) is 5.75 Å². The van der Waals surface area contributed by atoms with Crippen LogP contribution in [0.5, 0.6) is 5.75 Å². The third-order valence-corrected chi connectivity index (χ3v) is 4.73. The number of methoxy groups -OCH3 is 1. The molecule has 122 valence electrons. The molecule has 1 aliphatic heterocycles. The second-order valence-corrected chi connectivity index (χ2v) is 6.02. The molecule has 2 rings (SSSR count). The standard InChI is InChI=1S/C18H28N2O2/c1-4-20-13-11-16(12-14-20)19(2)18(21)10-7-15-5-8-17(22-3)9-6-15/h5-6,8-9,16H,4,7,10-14H2,1-3H3. The van der Waals surface area contributed by atoms with Crippen LogP contribution in [0.2, 0.25) is 0 Å². The molecule has 0 unspecified atom stereocenters. The number of aryl methyl sites for hydroxylation is 1. The van der Waals surface area contributed by atoms with E-state index in [0.717, 1.165) is 44.6 Å². The van der Waals surface area contributed by atoms with Gasteiger partial charge in [-0.3, -0.25) is 4.79 Å². The molecule has 4 nitrogen and oxygen atoms in total. The van der Waals surface area contributed by atoms with Gasteiger partial charge in [-0.25, -0.2) is 0 Å². The second kappa shape index (κ2) is 8.18. The molecule has 0 radical (unpaired) electrons. The molecule has 0 atom stereocenters. The second-order valence-electron chi connectivity index (χ2n) is 6.02. The van der Waals surface area contributed by atoms with Crippen LogP contribution in [0.25, 0.3) is 0 Å². The fraction of sp³-hybridized carbons (Fsp3) is 0.611. The molecule has 0 spiro atoms. The molecule has 1 fully saturated rings. The van der Waals surface area contributed by atoms with Crippen LogP contribution in [0.15, 0.2) is 24.3 Å². The third kappa shape index (κ3) is 4.47. The van der Waals surface area contributed by atoms with Gasteiger partial charge < -0.3 is 14.5 Å². The molecule has 1 saturated heterocycles. The van der Waals surface area contributed by atoms with Crippen LogP contribution < -0.4 is 4.74 Å². The Balaban J connectivity index is 1.78. The van der Waals surface area contributed by atoms with Crippen molar-refractivity contribution >= 4 is 5.91 Å². The van der Waals surface area contributed by atoms with Crippen LogP contribution in [0.4, 0.5) is 0 Å². The molecule has 0 saturated carbocycles. The molecule has 1 aromatic rings. The van der Waals surface area contributed by atoms with Crippen molar-refractivity contribution in [1.82, 2.24) is 9.80 Å². The number of hydrogen-bond donors (Lipinski definition) is 0. The minimum atomic E-state index is 0.255. The van der Waals surface area contributed by atoms with Gasteiger partial charge in [-0.05, 0) is 43.5 Å². The molecule has 1 aromatic carbocycles. The van der Waals surface area contributed by atoms with Gasteiger partial charge in [-0.2, -0.15) is 0 Å². The highest BCUT2D eigenvalue weighted by Gasteiger charge is 2.24. The lowest BCUT2D eigenvalue weighted by Gasteiger charge is -2.36. The lowest BCUT2D eigenvalue weighted by molar-refractivity contribution is -0.132. The summed E-state index contributed by atoms with van der Waals surface area (Å²) in [6, 6.07) is 8.37. The summed E-state index contributed by atoms with van der Waals surface area (Å²) in [5.74, 6) is 1.11. The van der Waals surface area contributed by atoms with Crippen LogP contribution in [0.1, 0.15) is 31.7 Å². The Hall–Kier alpha value is -1.55. The number of hydrogen-bond acceptors (Lipinski definition) is 3. The van der Waals surface area contributed by atoms with Crippen LogP contribution in [0.3, 0.4) is 0 Å². The monoisotopic (exact) mass is 304 g/mol. The average molecular weight is 304 g/mol. The first-order chi connectivity index (χ1) is 10.6. The molecular weight excluding hydrogens is 276 g/mol. The van der Waals surface area contributed by atoms with E-state index in [9.17, 15) is 4.79 Å². The predicted molar refractivity (Wildman–Crippen MR) is 89.2 cm³/mol. The van der Waals surface area contributed by atoms with E-state index in [1.54, 1.807) is 7.11 Å². The summed E-state index contributed by atoms with van der Waals surface area (Å²) >= 11 is 0. The molecule has 0 aliphatic carbocycles. The number of amides is 1. The molecule has 4 heteroatoms. The van der Waals surface area contributed by atoms with E-state index in [1.807, 2.05) is 36.2 Å². The number of likely N-dealkylation sites (tertiary alicyclic amines) is 1. The van der Waals surface area contributed by atoms with Crippen molar-refractivity contribution in [2.75, 3.05) is 33.8 Å². The Morgan fingerprint density at radius 3 is 2.45 bits per heavy atom. The summed E-state index contributed by atoms with van der Waals surface area (Å²) in [6.45, 7) is 5.53. The van der Waals surface area contributed by atoms with E-state index < -0.39 is 0 Å². The molecule has 0 N–H and O–H groups in total. The smallest absolute Gasteiger partial charge is 0.222 e. The molecule has 1 aliphatic rings. The van der Waals surface area contributed by atoms with Crippen molar-refractivity contribution in [2.45, 2.75) is 38.6 Å². The van der Waals surface area contributed by atoms with Gasteiger partial charge in [0.05, 0.1) is 7.11 Å². The zero-order valence-electron chi connectivity index (χ0n) is 14.0. The largest absolute Gasteiger partial charge is 0.497 e. The summed E-state index contributed by atoms with van der Waals surface area (Å²) in [7, 11) is 3.62. The van der Waals surface area contributed by atoms with Gasteiger partial charge in [0.15, 0.2) is 0 Å². The Morgan fingerprint density at radius 2 is 1.91 bits per heavy atom. The van der Waals surface area contributed by atoms with E-state index >= 15 is 0 Å². The average Bonchev–Trinajstić information content (AvgIpc) is 2.59. The summed E-state index contributed by atoms with van der Waals surface area (Å²) in [4.78, 5) is 16.8. The molecule has 1 heterocycles. The molecular formula is C18H28N2O2. The molecule has 1 amide bonds. The quantitative estimate of drug-likeness (QED) is 0.810. The van der Waals surface area contributed by atoms with Gasteiger partial charge in [0.2, 0.25) is 5.91 Å². The summed E-state index contributed by atoms with van der Waals surface area (Å²) in [5.41, 5.74) is 1.18. The van der Waals surface area contributed by atoms with Crippen LogP contribution in [-0.4, -0.2) is 55.5 Å². The van der Waals surface area contributed by atoms with E-state index in [2.05, 4.69) is 11.8 Å². The fourth-order valence-corrected chi connectivity index (χ4v) is 3.05. The van der Waals surface area contributed by atoms with E-state index in [0.29, 0.717) is 12.5 Å². The minimum Gasteiger partial charge on any atom is -0.497 e. The maximum Gasteiger partial charge on any atom is 0.222 e. The van der Waals surface area contributed by atoms with Gasteiger partial charge in [-0.1, -0.05) is 19.1 Å². The molecule has 0 aromatic heterocycles. The van der Waals surface area contributed by atoms with Gasteiger partial charge in [0.25, 0.3) is 0 Å². The molecule has 22 heavy (non-hydrogen) atoms. The number of carbonyl (C=O) groups is 1. The van der Waals surface area contributed by atoms with Gasteiger partial charge >= 0.3 is 0 Å². The number of benzene rings is 1. The van der Waals surface area contributed by atoms with E-state index in [-0.39, 0.29) is 5.91 Å². The zero-order chi connectivity index (χ0) is 15.9. The number of nitrogens with zero attached hydrogens (tertiary/aromatic N) is 2. The third-order valence-electron chi connectivity index (χ3n) is 4.73. The van der Waals surface area contributed by atoms with Crippen molar-refractivity contribution in [2.24, 2.45) is 0 Å². The summed E-state index contributed by atoms with van der Waals surface area (Å²) in [5, 5.41) is 0. The lowest BCUT2D eigenvalue weighted by atomic mass is 10.0. The maximum atomic E-state index is 12.4. The molecule has 0 bridgehead atoms. The highest BCUT2D eigenvalue weighted by atomic mass is 16.5. The van der Waals surface area contributed by atoms with Crippen LogP contribution in [0, 0.1) is 0 Å². The first-order valence-electron chi connectivity index (χ1n) is 8.25. The highest BCUT2D eigenvalue weighted by molar-refractivity contribution is 5.76. The number of piperidine rings is 1. The maximum absolute atomic E-state index is 12.4. The van der Waals surface area contributed by atoms with Crippen molar-refractivity contribution in [3.05, 3.63) is 29.8 Å². The number of rotatable bonds is 6. The van der Waals surface area contributed by atoms with Gasteiger partial charge in [0.1, 0.15) is 5.75 Å². The Morgan fingerprint density at radius 1 is 1.27 bits per heavy atom. The normalized spacial score (nSPS) is 16.5. The van der Waals surface area contributed by atoms with Crippen LogP contribution >= 0.6 is 0 Å². The van der Waals surface area contributed by atoms with Crippen molar-refractivity contribution in [1.29, 1.82) is 0 Å². The van der Waals surface area contributed by atoms with Gasteiger partial charge in [0, 0.05) is 32.6 Å². The predicted octanol–water partition coefficient (Wildman–Crippen LogP) is 2.57. The fourth-order valence-electron chi connectivity index (χ4n) is 3.05. The van der Waals surface area contributed by atoms with Crippen molar-refractivity contribution in [3.63, 3.8) is 0 Å². The summed E-state index contributed by atoms with van der Waals surface area (Å²) in [6.07, 6.45) is 3.56. The van der Waals surface area contributed by atoms with E-state index in [1.165, 1.54) is 5.56 Å². The number of carbonyl (C=O) groups excluding carboxylic acids is 1. The van der Waals surface area contributed by atoms with Crippen molar-refractivity contribution < 1.29 is 9.53 Å². The zero-order valence-corrected chi connectivity index (χ0v) is 14.0. The van der Waals surface area contributed by atoms with E-state index in [4.69, 9.17) is 4.74 Å². The Kier molecular flexibility index (Phi) is 6.25. The lowest BCUT2D eigenvalue weighted by Crippen LogP contribution is -2.45.